The summed E-state index contributed by atoms with van der Waals surface area (Å²) < 4.78 is 0. The molecule has 7 heteroatoms. The number of carbonyl (C=O) groups excluding carboxylic acids is 2. The Hall–Kier alpha value is -3.22. The van der Waals surface area contributed by atoms with E-state index in [1.54, 1.807) is 4.90 Å². The highest BCUT2D eigenvalue weighted by atomic mass is 16.6. The van der Waals surface area contributed by atoms with Crippen LogP contribution in [0.5, 0.6) is 0 Å². The Morgan fingerprint density at radius 2 is 1.92 bits per heavy atom. The molecule has 1 saturated heterocycles. The van der Waals surface area contributed by atoms with Crippen LogP contribution in [0.3, 0.4) is 0 Å². The van der Waals surface area contributed by atoms with Crippen molar-refractivity contribution in [3.63, 3.8) is 0 Å². The van der Waals surface area contributed by atoms with Gasteiger partial charge in [-0.25, -0.2) is 0 Å². The zero-order chi connectivity index (χ0) is 18.5. The summed E-state index contributed by atoms with van der Waals surface area (Å²) in [4.78, 5) is 36.2. The van der Waals surface area contributed by atoms with Crippen molar-refractivity contribution < 1.29 is 14.5 Å². The minimum atomic E-state index is -0.505. The van der Waals surface area contributed by atoms with Gasteiger partial charge < -0.3 is 10.2 Å². The smallest absolute Gasteiger partial charge is 0.269 e. The van der Waals surface area contributed by atoms with Gasteiger partial charge in [-0.2, -0.15) is 0 Å². The number of nitro groups is 1. The van der Waals surface area contributed by atoms with Crippen LogP contribution in [0, 0.1) is 10.1 Å². The van der Waals surface area contributed by atoms with Crippen molar-refractivity contribution >= 4 is 23.2 Å². The number of carbonyl (C=O) groups is 2. The number of non-ortho nitro benzene ring substituents is 1. The fourth-order valence-corrected chi connectivity index (χ4v) is 2.93. The third kappa shape index (κ3) is 4.05. The largest absolute Gasteiger partial charge is 0.348 e. The number of benzene rings is 2. The fourth-order valence-electron chi connectivity index (χ4n) is 2.93. The van der Waals surface area contributed by atoms with E-state index in [1.807, 2.05) is 24.3 Å². The summed E-state index contributed by atoms with van der Waals surface area (Å²) in [6.07, 6.45) is 2.49. The van der Waals surface area contributed by atoms with Crippen LogP contribution < -0.4 is 10.2 Å². The van der Waals surface area contributed by atoms with Gasteiger partial charge in [0.25, 0.3) is 11.6 Å². The monoisotopic (exact) mass is 353 g/mol. The molecule has 3 rings (SSSR count). The molecule has 2 amide bonds. The summed E-state index contributed by atoms with van der Waals surface area (Å²) in [6, 6.07) is 13.0. The second kappa shape index (κ2) is 7.77. The van der Waals surface area contributed by atoms with Gasteiger partial charge in [0.1, 0.15) is 0 Å². The number of nitrogens with one attached hydrogen (secondary N) is 1. The lowest BCUT2D eigenvalue weighted by molar-refractivity contribution is -0.384. The lowest BCUT2D eigenvalue weighted by Crippen LogP contribution is -2.35. The van der Waals surface area contributed by atoms with Crippen LogP contribution in [0.15, 0.2) is 48.5 Å². The Balaban J connectivity index is 1.64. The molecule has 0 aromatic heterocycles. The predicted molar refractivity (Wildman–Crippen MR) is 96.9 cm³/mol. The number of hydrogen-bond donors (Lipinski definition) is 1. The van der Waals surface area contributed by atoms with E-state index in [4.69, 9.17) is 0 Å². The maximum absolute atomic E-state index is 12.2. The average Bonchev–Trinajstić information content (AvgIpc) is 2.67. The van der Waals surface area contributed by atoms with Gasteiger partial charge in [-0.15, -0.1) is 0 Å². The minimum Gasteiger partial charge on any atom is -0.348 e. The molecular weight excluding hydrogens is 334 g/mol. The van der Waals surface area contributed by atoms with Crippen LogP contribution in [0.4, 0.5) is 11.4 Å². The van der Waals surface area contributed by atoms with Gasteiger partial charge >= 0.3 is 0 Å². The van der Waals surface area contributed by atoms with E-state index in [1.165, 1.54) is 24.3 Å². The highest BCUT2D eigenvalue weighted by Crippen LogP contribution is 2.22. The van der Waals surface area contributed by atoms with E-state index < -0.39 is 4.92 Å². The lowest BCUT2D eigenvalue weighted by Gasteiger charge is -2.27. The van der Waals surface area contributed by atoms with Gasteiger partial charge in [0.15, 0.2) is 0 Å². The number of rotatable bonds is 5. The summed E-state index contributed by atoms with van der Waals surface area (Å²) in [7, 11) is 0. The molecule has 2 aromatic carbocycles. The third-order valence-corrected chi connectivity index (χ3v) is 4.34. The van der Waals surface area contributed by atoms with Gasteiger partial charge in [0.2, 0.25) is 5.91 Å². The highest BCUT2D eigenvalue weighted by Gasteiger charge is 2.19. The van der Waals surface area contributed by atoms with Crippen molar-refractivity contribution in [1.82, 2.24) is 5.32 Å². The van der Waals surface area contributed by atoms with E-state index in [0.29, 0.717) is 18.5 Å². The topological polar surface area (TPSA) is 92.6 Å². The lowest BCUT2D eigenvalue weighted by atomic mass is 10.1. The Labute approximate surface area is 150 Å². The van der Waals surface area contributed by atoms with Crippen LogP contribution >= 0.6 is 0 Å². The molecule has 26 heavy (non-hydrogen) atoms. The first-order valence-electron chi connectivity index (χ1n) is 8.46. The van der Waals surface area contributed by atoms with Crippen LogP contribution in [0.25, 0.3) is 0 Å². The molecule has 0 aliphatic carbocycles. The normalized spacial score (nSPS) is 14.2. The molecule has 0 spiro atoms. The number of piperidine rings is 1. The Morgan fingerprint density at radius 3 is 2.62 bits per heavy atom. The first-order valence-corrected chi connectivity index (χ1v) is 8.46. The molecule has 1 aliphatic heterocycles. The molecule has 1 N–H and O–H groups in total. The summed E-state index contributed by atoms with van der Waals surface area (Å²) in [5.74, 6) is -0.178. The molecule has 1 fully saturated rings. The van der Waals surface area contributed by atoms with Crippen LogP contribution in [0.1, 0.15) is 35.2 Å². The molecule has 1 heterocycles. The molecule has 0 saturated carbocycles. The molecular formula is C19H19N3O4. The third-order valence-electron chi connectivity index (χ3n) is 4.34. The Bertz CT molecular complexity index is 833. The number of nitrogens with zero attached hydrogens (tertiary/aromatic N) is 2. The zero-order valence-corrected chi connectivity index (χ0v) is 14.2. The molecule has 7 nitrogen and oxygen atoms in total. The van der Waals surface area contributed by atoms with E-state index in [9.17, 15) is 19.7 Å². The average molecular weight is 353 g/mol. The maximum atomic E-state index is 12.2. The second-order valence-electron chi connectivity index (χ2n) is 6.16. The molecule has 0 unspecified atom stereocenters. The van der Waals surface area contributed by atoms with Crippen molar-refractivity contribution in [2.75, 3.05) is 11.4 Å². The fraction of sp³-hybridized carbons (Fsp3) is 0.263. The summed E-state index contributed by atoms with van der Waals surface area (Å²) in [5, 5.41) is 13.4. The summed E-state index contributed by atoms with van der Waals surface area (Å²) in [6.45, 7) is 1.03. The molecule has 0 radical (unpaired) electrons. The molecule has 134 valence electrons. The molecule has 2 aromatic rings. The van der Waals surface area contributed by atoms with Gasteiger partial charge in [-0.05, 0) is 42.7 Å². The molecule has 0 bridgehead atoms. The van der Waals surface area contributed by atoms with Gasteiger partial charge in [-0.1, -0.05) is 12.1 Å². The Morgan fingerprint density at radius 1 is 1.15 bits per heavy atom. The SMILES string of the molecule is O=C(NCc1cccc(N2CCCCC2=O)c1)c1ccc([N+](=O)[O-])cc1. The highest BCUT2D eigenvalue weighted by molar-refractivity contribution is 5.95. The first-order chi connectivity index (χ1) is 12.5. The number of amides is 2. The number of anilines is 1. The number of nitro benzene ring substituents is 1. The first kappa shape index (κ1) is 17.6. The van der Waals surface area contributed by atoms with Gasteiger partial charge in [-0.3, -0.25) is 19.7 Å². The zero-order valence-electron chi connectivity index (χ0n) is 14.2. The Kier molecular flexibility index (Phi) is 5.26. The van der Waals surface area contributed by atoms with Crippen LogP contribution in [-0.2, 0) is 11.3 Å². The van der Waals surface area contributed by atoms with Crippen molar-refractivity contribution in [2.24, 2.45) is 0 Å². The standard InChI is InChI=1S/C19H19N3O4/c23-18-6-1-2-11-21(18)17-5-3-4-14(12-17)13-20-19(24)15-7-9-16(10-8-15)22(25)26/h3-5,7-10,12H,1-2,6,11,13H2,(H,20,24). The van der Waals surface area contributed by atoms with E-state index >= 15 is 0 Å². The van der Waals surface area contributed by atoms with E-state index in [-0.39, 0.29) is 17.5 Å². The molecule has 1 aliphatic rings. The number of hydrogen-bond acceptors (Lipinski definition) is 4. The van der Waals surface area contributed by atoms with Gasteiger partial charge in [0.05, 0.1) is 4.92 Å². The quantitative estimate of drug-likeness (QED) is 0.660. The maximum Gasteiger partial charge on any atom is 0.269 e. The van der Waals surface area contributed by atoms with Crippen molar-refractivity contribution in [1.29, 1.82) is 0 Å². The van der Waals surface area contributed by atoms with Crippen LogP contribution in [-0.4, -0.2) is 23.3 Å². The van der Waals surface area contributed by atoms with Crippen molar-refractivity contribution in [3.8, 4) is 0 Å². The van der Waals surface area contributed by atoms with Crippen molar-refractivity contribution in [3.05, 3.63) is 69.8 Å². The van der Waals surface area contributed by atoms with E-state index in [0.717, 1.165) is 30.6 Å². The van der Waals surface area contributed by atoms with Gasteiger partial charge in [0, 0.05) is 42.9 Å². The second-order valence-corrected chi connectivity index (χ2v) is 6.16. The van der Waals surface area contributed by atoms with Crippen LogP contribution in [0.2, 0.25) is 0 Å². The molecule has 0 atom stereocenters. The summed E-state index contributed by atoms with van der Waals surface area (Å²) >= 11 is 0. The van der Waals surface area contributed by atoms with E-state index in [2.05, 4.69) is 5.32 Å². The predicted octanol–water partition coefficient (Wildman–Crippen LogP) is 3.04. The van der Waals surface area contributed by atoms with Crippen molar-refractivity contribution in [2.45, 2.75) is 25.8 Å². The summed E-state index contributed by atoms with van der Waals surface area (Å²) in [5.41, 5.74) is 2.03. The minimum absolute atomic E-state index is 0.0551.